The summed E-state index contributed by atoms with van der Waals surface area (Å²) in [5.41, 5.74) is 0. The topological polar surface area (TPSA) is 54.4 Å². The molecule has 0 fully saturated rings. The molecule has 5 heteroatoms. The Balaban J connectivity index is 4.28. The summed E-state index contributed by atoms with van der Waals surface area (Å²) >= 11 is 0. The Kier molecular flexibility index (Phi) is 13.3. The zero-order valence-electron chi connectivity index (χ0n) is 15.6. The second kappa shape index (κ2) is 13.6. The van der Waals surface area contributed by atoms with Gasteiger partial charge < -0.3 is 4.48 Å². The molecular formula is C19H38NO3S+. The van der Waals surface area contributed by atoms with Gasteiger partial charge in [0.05, 0.1) is 31.9 Å². The van der Waals surface area contributed by atoms with Gasteiger partial charge in [-0.25, -0.2) is 0 Å². The van der Waals surface area contributed by atoms with Crippen LogP contribution in [0.5, 0.6) is 0 Å². The highest BCUT2D eigenvalue weighted by Crippen LogP contribution is 2.15. The Labute approximate surface area is 150 Å². The summed E-state index contributed by atoms with van der Waals surface area (Å²) in [6, 6.07) is 0. The van der Waals surface area contributed by atoms with Crippen LogP contribution in [-0.4, -0.2) is 49.4 Å². The first kappa shape index (κ1) is 23.4. The normalized spacial score (nSPS) is 12.2. The Morgan fingerprint density at radius 1 is 0.833 bits per heavy atom. The van der Waals surface area contributed by atoms with E-state index in [-0.39, 0.29) is 5.75 Å². The van der Waals surface area contributed by atoms with Crippen LogP contribution in [0.1, 0.15) is 64.7 Å². The van der Waals surface area contributed by atoms with Crippen molar-refractivity contribution in [3.8, 4) is 0 Å². The zero-order valence-corrected chi connectivity index (χ0v) is 16.4. The molecule has 0 heterocycles. The van der Waals surface area contributed by atoms with Crippen molar-refractivity contribution in [1.82, 2.24) is 0 Å². The summed E-state index contributed by atoms with van der Waals surface area (Å²) in [7, 11) is -3.88. The third kappa shape index (κ3) is 12.7. The summed E-state index contributed by atoms with van der Waals surface area (Å²) < 4.78 is 31.6. The molecule has 0 aliphatic carbocycles. The fraction of sp³-hybridized carbons (Fsp3) is 0.789. The van der Waals surface area contributed by atoms with Crippen LogP contribution in [0.25, 0.3) is 0 Å². The highest BCUT2D eigenvalue weighted by Gasteiger charge is 2.24. The predicted molar refractivity (Wildman–Crippen MR) is 104 cm³/mol. The first-order valence-electron chi connectivity index (χ1n) is 9.41. The van der Waals surface area contributed by atoms with Gasteiger partial charge in [-0.1, -0.05) is 58.6 Å². The molecule has 0 unspecified atom stereocenters. The predicted octanol–water partition coefficient (Wildman–Crippen LogP) is 4.59. The lowest BCUT2D eigenvalue weighted by molar-refractivity contribution is -0.917. The molecule has 0 saturated carbocycles. The molecule has 0 atom stereocenters. The molecule has 0 aromatic rings. The molecule has 0 aliphatic heterocycles. The Hall–Kier alpha value is -0.650. The van der Waals surface area contributed by atoms with Crippen LogP contribution >= 0.6 is 0 Å². The van der Waals surface area contributed by atoms with Crippen LogP contribution < -0.4 is 0 Å². The van der Waals surface area contributed by atoms with Gasteiger partial charge >= 0.3 is 0 Å². The highest BCUT2D eigenvalue weighted by molar-refractivity contribution is 7.85. The third-order valence-corrected chi connectivity index (χ3v) is 5.36. The lowest BCUT2D eigenvalue weighted by atomic mass is 10.1. The molecule has 0 bridgehead atoms. The number of unbranched alkanes of at least 4 members (excludes halogenated alkanes) is 7. The van der Waals surface area contributed by atoms with Gasteiger partial charge in [0.1, 0.15) is 0 Å². The lowest BCUT2D eigenvalue weighted by Crippen LogP contribution is -2.50. The van der Waals surface area contributed by atoms with E-state index in [9.17, 15) is 8.42 Å². The smallest absolute Gasteiger partial charge is 0.265 e. The van der Waals surface area contributed by atoms with Crippen molar-refractivity contribution >= 4 is 10.1 Å². The molecule has 24 heavy (non-hydrogen) atoms. The van der Waals surface area contributed by atoms with Crippen molar-refractivity contribution < 1.29 is 17.5 Å². The van der Waals surface area contributed by atoms with E-state index in [1.807, 2.05) is 12.2 Å². The van der Waals surface area contributed by atoms with Gasteiger partial charge in [0.25, 0.3) is 10.1 Å². The monoisotopic (exact) mass is 360 g/mol. The molecule has 4 nitrogen and oxygen atoms in total. The number of hydrogen-bond acceptors (Lipinski definition) is 2. The van der Waals surface area contributed by atoms with Crippen molar-refractivity contribution in [3.05, 3.63) is 25.3 Å². The fourth-order valence-electron chi connectivity index (χ4n) is 3.26. The quantitative estimate of drug-likeness (QED) is 0.179. The van der Waals surface area contributed by atoms with Gasteiger partial charge in [0.2, 0.25) is 0 Å². The average Bonchev–Trinajstić information content (AvgIpc) is 2.49. The largest absolute Gasteiger partial charge is 0.317 e. The van der Waals surface area contributed by atoms with Gasteiger partial charge in [-0.15, -0.1) is 0 Å². The van der Waals surface area contributed by atoms with Crippen LogP contribution in [0.2, 0.25) is 0 Å². The molecule has 142 valence electrons. The number of rotatable bonds is 17. The summed E-state index contributed by atoms with van der Waals surface area (Å²) in [6.07, 6.45) is 14.5. The minimum atomic E-state index is -3.88. The van der Waals surface area contributed by atoms with Gasteiger partial charge in [0.15, 0.2) is 0 Å². The van der Waals surface area contributed by atoms with E-state index in [4.69, 9.17) is 4.55 Å². The van der Waals surface area contributed by atoms with Crippen LogP contribution in [0.4, 0.5) is 0 Å². The van der Waals surface area contributed by atoms with E-state index in [0.29, 0.717) is 6.42 Å². The minimum absolute atomic E-state index is 0.168. The maximum Gasteiger partial charge on any atom is 0.265 e. The standard InChI is InChI=1S/C19H37NO3S/c1-4-7-8-9-10-11-12-13-17-20(15-5-2,16-6-3)18-14-19-24(21,22)23/h5-6H,2-4,7-19H2,1H3/p+1. The van der Waals surface area contributed by atoms with Gasteiger partial charge in [-0.2, -0.15) is 8.42 Å². The van der Waals surface area contributed by atoms with Crippen molar-refractivity contribution in [2.45, 2.75) is 64.7 Å². The fourth-order valence-corrected chi connectivity index (χ4v) is 3.76. The molecule has 0 aromatic heterocycles. The summed E-state index contributed by atoms with van der Waals surface area (Å²) in [4.78, 5) is 0. The number of nitrogens with zero attached hydrogens (tertiary/aromatic N) is 1. The molecule has 0 saturated heterocycles. The molecule has 0 rings (SSSR count). The van der Waals surface area contributed by atoms with E-state index in [0.717, 1.165) is 37.1 Å². The first-order valence-corrected chi connectivity index (χ1v) is 11.0. The molecule has 0 radical (unpaired) electrons. The third-order valence-electron chi connectivity index (χ3n) is 4.55. The molecule has 0 amide bonds. The van der Waals surface area contributed by atoms with Gasteiger partial charge in [-0.05, 0) is 25.0 Å². The van der Waals surface area contributed by atoms with Crippen molar-refractivity contribution in [2.24, 2.45) is 0 Å². The molecule has 0 spiro atoms. The first-order chi connectivity index (χ1) is 11.4. The van der Waals surface area contributed by atoms with E-state index < -0.39 is 10.1 Å². The van der Waals surface area contributed by atoms with Gasteiger partial charge in [0, 0.05) is 6.42 Å². The van der Waals surface area contributed by atoms with Crippen LogP contribution in [0, 0.1) is 0 Å². The van der Waals surface area contributed by atoms with Crippen LogP contribution in [0.15, 0.2) is 25.3 Å². The maximum absolute atomic E-state index is 10.9. The van der Waals surface area contributed by atoms with Crippen molar-refractivity contribution in [1.29, 1.82) is 0 Å². The summed E-state index contributed by atoms with van der Waals surface area (Å²) in [6.45, 7) is 13.3. The maximum atomic E-state index is 10.9. The summed E-state index contributed by atoms with van der Waals surface area (Å²) in [5, 5.41) is 0. The average molecular weight is 361 g/mol. The second-order valence-corrected chi connectivity index (χ2v) is 8.42. The number of quaternary nitrogens is 1. The lowest BCUT2D eigenvalue weighted by Gasteiger charge is -2.37. The van der Waals surface area contributed by atoms with E-state index in [2.05, 4.69) is 20.1 Å². The Morgan fingerprint density at radius 2 is 1.29 bits per heavy atom. The zero-order chi connectivity index (χ0) is 18.3. The molecule has 0 aliphatic rings. The van der Waals surface area contributed by atoms with E-state index >= 15 is 0 Å². The SMILES string of the molecule is C=CC[N+](CC=C)(CCCCCCCCCC)CCCS(=O)(=O)O. The Bertz CT molecular complexity index is 422. The Morgan fingerprint density at radius 3 is 1.75 bits per heavy atom. The van der Waals surface area contributed by atoms with E-state index in [1.165, 1.54) is 44.9 Å². The van der Waals surface area contributed by atoms with Crippen LogP contribution in [0.3, 0.4) is 0 Å². The second-order valence-electron chi connectivity index (χ2n) is 6.85. The van der Waals surface area contributed by atoms with Crippen molar-refractivity contribution in [3.63, 3.8) is 0 Å². The van der Waals surface area contributed by atoms with E-state index in [1.54, 1.807) is 0 Å². The minimum Gasteiger partial charge on any atom is -0.317 e. The molecular weight excluding hydrogens is 322 g/mol. The summed E-state index contributed by atoms with van der Waals surface area (Å²) in [5.74, 6) is -0.168. The molecule has 0 aromatic carbocycles. The number of hydrogen-bond donors (Lipinski definition) is 1. The molecule has 1 N–H and O–H groups in total. The van der Waals surface area contributed by atoms with Gasteiger partial charge in [-0.3, -0.25) is 4.55 Å². The highest BCUT2D eigenvalue weighted by atomic mass is 32.2. The van der Waals surface area contributed by atoms with Crippen molar-refractivity contribution in [2.75, 3.05) is 31.9 Å². The van der Waals surface area contributed by atoms with Crippen LogP contribution in [-0.2, 0) is 10.1 Å².